The van der Waals surface area contributed by atoms with Gasteiger partial charge < -0.3 is 11.5 Å². The number of hydrogen-bond acceptors (Lipinski definition) is 3. The number of carbonyl (C=O) groups excluding carboxylic acids is 2. The van der Waals surface area contributed by atoms with Crippen molar-refractivity contribution in [3.05, 3.63) is 29.3 Å². The van der Waals surface area contributed by atoms with Crippen molar-refractivity contribution in [2.24, 2.45) is 11.5 Å². The fraction of sp³-hybridized carbons (Fsp3) is 0.111. The molecule has 4 nitrogen and oxygen atoms in total. The summed E-state index contributed by atoms with van der Waals surface area (Å²) in [5, 5.41) is 0. The standard InChI is InChI=1S/C9H10N2O2S/c1-14-7-3-2-5(8(10)12)4-6(7)9(11)13/h2-4H,1H3,(H2,10,12)(H2,11,13). The summed E-state index contributed by atoms with van der Waals surface area (Å²) in [5.41, 5.74) is 10.8. The molecular formula is C9H10N2O2S. The van der Waals surface area contributed by atoms with Gasteiger partial charge in [0, 0.05) is 10.5 Å². The fourth-order valence-electron chi connectivity index (χ4n) is 1.05. The van der Waals surface area contributed by atoms with E-state index in [0.717, 1.165) is 4.90 Å². The van der Waals surface area contributed by atoms with Crippen molar-refractivity contribution < 1.29 is 9.59 Å². The van der Waals surface area contributed by atoms with E-state index in [2.05, 4.69) is 0 Å². The van der Waals surface area contributed by atoms with Gasteiger partial charge in [0.25, 0.3) is 0 Å². The lowest BCUT2D eigenvalue weighted by Gasteiger charge is -2.04. The minimum atomic E-state index is -0.569. The van der Waals surface area contributed by atoms with E-state index < -0.39 is 11.8 Å². The van der Waals surface area contributed by atoms with Crippen LogP contribution < -0.4 is 11.5 Å². The van der Waals surface area contributed by atoms with Gasteiger partial charge in [-0.05, 0) is 24.5 Å². The molecule has 1 aromatic rings. The van der Waals surface area contributed by atoms with Crippen molar-refractivity contribution in [1.29, 1.82) is 0 Å². The van der Waals surface area contributed by atoms with Crippen molar-refractivity contribution in [1.82, 2.24) is 0 Å². The molecule has 0 aliphatic rings. The number of thioether (sulfide) groups is 1. The lowest BCUT2D eigenvalue weighted by atomic mass is 10.1. The molecule has 0 aliphatic heterocycles. The third-order valence-corrected chi connectivity index (χ3v) is 2.55. The van der Waals surface area contributed by atoms with Gasteiger partial charge in [-0.3, -0.25) is 9.59 Å². The molecule has 5 heteroatoms. The molecule has 1 rings (SSSR count). The molecule has 0 unspecified atom stereocenters. The molecule has 0 aliphatic carbocycles. The molecule has 14 heavy (non-hydrogen) atoms. The highest BCUT2D eigenvalue weighted by atomic mass is 32.2. The Labute approximate surface area is 85.7 Å². The SMILES string of the molecule is CSc1ccc(C(N)=O)cc1C(N)=O. The van der Waals surface area contributed by atoms with Crippen LogP contribution in [0.25, 0.3) is 0 Å². The van der Waals surface area contributed by atoms with Gasteiger partial charge >= 0.3 is 0 Å². The highest BCUT2D eigenvalue weighted by Gasteiger charge is 2.10. The second kappa shape index (κ2) is 4.15. The van der Waals surface area contributed by atoms with Gasteiger partial charge in [-0.15, -0.1) is 11.8 Å². The maximum atomic E-state index is 11.0. The third kappa shape index (κ3) is 2.05. The Morgan fingerprint density at radius 2 is 1.86 bits per heavy atom. The van der Waals surface area contributed by atoms with E-state index in [-0.39, 0.29) is 5.56 Å². The summed E-state index contributed by atoms with van der Waals surface area (Å²) in [7, 11) is 0. The molecule has 0 bridgehead atoms. The summed E-state index contributed by atoms with van der Waals surface area (Å²) in [6.07, 6.45) is 1.83. The van der Waals surface area contributed by atoms with Crippen molar-refractivity contribution in [3.63, 3.8) is 0 Å². The molecular weight excluding hydrogens is 200 g/mol. The Balaban J connectivity index is 3.27. The zero-order valence-corrected chi connectivity index (χ0v) is 8.43. The average Bonchev–Trinajstić information content (AvgIpc) is 2.16. The summed E-state index contributed by atoms with van der Waals surface area (Å²) >= 11 is 1.39. The Kier molecular flexibility index (Phi) is 3.14. The topological polar surface area (TPSA) is 86.2 Å². The number of rotatable bonds is 3. The minimum Gasteiger partial charge on any atom is -0.366 e. The molecule has 1 aromatic carbocycles. The van der Waals surface area contributed by atoms with Crippen LogP contribution in [0.1, 0.15) is 20.7 Å². The average molecular weight is 210 g/mol. The first-order valence-corrected chi connectivity index (χ1v) is 5.06. The van der Waals surface area contributed by atoms with Crippen LogP contribution >= 0.6 is 11.8 Å². The van der Waals surface area contributed by atoms with E-state index in [1.807, 2.05) is 6.26 Å². The fourth-order valence-corrected chi connectivity index (χ4v) is 1.64. The molecule has 0 heterocycles. The van der Waals surface area contributed by atoms with E-state index in [0.29, 0.717) is 5.56 Å². The molecule has 0 radical (unpaired) electrons. The second-order valence-corrected chi connectivity index (χ2v) is 3.49. The summed E-state index contributed by atoms with van der Waals surface area (Å²) < 4.78 is 0. The van der Waals surface area contributed by atoms with E-state index in [9.17, 15) is 9.59 Å². The van der Waals surface area contributed by atoms with Gasteiger partial charge in [-0.1, -0.05) is 0 Å². The Morgan fingerprint density at radius 1 is 1.21 bits per heavy atom. The Bertz CT molecular complexity index is 390. The molecule has 0 saturated carbocycles. The third-order valence-electron chi connectivity index (χ3n) is 1.75. The van der Waals surface area contributed by atoms with Crippen molar-refractivity contribution in [2.75, 3.05) is 6.26 Å². The van der Waals surface area contributed by atoms with Crippen LogP contribution in [0, 0.1) is 0 Å². The normalized spacial score (nSPS) is 9.79. The number of nitrogens with two attached hydrogens (primary N) is 2. The van der Waals surface area contributed by atoms with E-state index in [1.54, 1.807) is 12.1 Å². The quantitative estimate of drug-likeness (QED) is 0.716. The first-order valence-electron chi connectivity index (χ1n) is 3.84. The van der Waals surface area contributed by atoms with Crippen molar-refractivity contribution in [3.8, 4) is 0 Å². The summed E-state index contributed by atoms with van der Waals surface area (Å²) in [6.45, 7) is 0. The first-order chi connectivity index (χ1) is 6.56. The predicted octanol–water partition coefficient (Wildman–Crippen LogP) is 0.606. The Morgan fingerprint density at radius 3 is 2.29 bits per heavy atom. The summed E-state index contributed by atoms with van der Waals surface area (Å²) in [6, 6.07) is 4.64. The van der Waals surface area contributed by atoms with Crippen LogP contribution in [-0.2, 0) is 0 Å². The zero-order chi connectivity index (χ0) is 10.7. The van der Waals surface area contributed by atoms with Crippen molar-refractivity contribution in [2.45, 2.75) is 4.90 Å². The van der Waals surface area contributed by atoms with Crippen LogP contribution in [0.2, 0.25) is 0 Å². The zero-order valence-electron chi connectivity index (χ0n) is 7.61. The number of hydrogen-bond donors (Lipinski definition) is 2. The van der Waals surface area contributed by atoms with Crippen LogP contribution in [0.4, 0.5) is 0 Å². The lowest BCUT2D eigenvalue weighted by molar-refractivity contribution is 0.0997. The molecule has 0 aromatic heterocycles. The highest BCUT2D eigenvalue weighted by molar-refractivity contribution is 7.98. The molecule has 0 fully saturated rings. The van der Waals surface area contributed by atoms with Crippen LogP contribution in [0.3, 0.4) is 0 Å². The summed E-state index contributed by atoms with van der Waals surface area (Å²) in [5.74, 6) is -1.13. The van der Waals surface area contributed by atoms with Gasteiger partial charge in [0.1, 0.15) is 0 Å². The number of amides is 2. The number of primary amides is 2. The minimum absolute atomic E-state index is 0.289. The molecule has 0 spiro atoms. The van der Waals surface area contributed by atoms with Gasteiger partial charge in [-0.25, -0.2) is 0 Å². The summed E-state index contributed by atoms with van der Waals surface area (Å²) in [4.78, 5) is 22.6. The largest absolute Gasteiger partial charge is 0.366 e. The maximum Gasteiger partial charge on any atom is 0.249 e. The molecule has 2 amide bonds. The van der Waals surface area contributed by atoms with Gasteiger partial charge in [-0.2, -0.15) is 0 Å². The molecule has 4 N–H and O–H groups in total. The van der Waals surface area contributed by atoms with Gasteiger partial charge in [0.2, 0.25) is 11.8 Å². The first kappa shape index (κ1) is 10.6. The lowest BCUT2D eigenvalue weighted by Crippen LogP contribution is -2.16. The number of benzene rings is 1. The van der Waals surface area contributed by atoms with Gasteiger partial charge in [0.15, 0.2) is 0 Å². The monoisotopic (exact) mass is 210 g/mol. The van der Waals surface area contributed by atoms with Crippen LogP contribution in [-0.4, -0.2) is 18.1 Å². The smallest absolute Gasteiger partial charge is 0.249 e. The van der Waals surface area contributed by atoms with Crippen LogP contribution in [0.5, 0.6) is 0 Å². The highest BCUT2D eigenvalue weighted by Crippen LogP contribution is 2.21. The molecule has 74 valence electrons. The molecule has 0 saturated heterocycles. The number of carbonyl (C=O) groups is 2. The van der Waals surface area contributed by atoms with E-state index in [1.165, 1.54) is 17.8 Å². The van der Waals surface area contributed by atoms with E-state index >= 15 is 0 Å². The van der Waals surface area contributed by atoms with Crippen LogP contribution in [0.15, 0.2) is 23.1 Å². The maximum absolute atomic E-state index is 11.0. The second-order valence-electron chi connectivity index (χ2n) is 2.64. The Hall–Kier alpha value is -1.49. The van der Waals surface area contributed by atoms with E-state index in [4.69, 9.17) is 11.5 Å². The van der Waals surface area contributed by atoms with Crippen molar-refractivity contribution >= 4 is 23.6 Å². The van der Waals surface area contributed by atoms with Gasteiger partial charge in [0.05, 0.1) is 5.56 Å². The molecule has 0 atom stereocenters. The predicted molar refractivity (Wildman–Crippen MR) is 55.3 cm³/mol.